The van der Waals surface area contributed by atoms with Crippen LogP contribution in [0.1, 0.15) is 29.9 Å². The minimum atomic E-state index is -0.112. The van der Waals surface area contributed by atoms with Gasteiger partial charge in [-0.1, -0.05) is 60.7 Å². The van der Waals surface area contributed by atoms with Crippen LogP contribution in [-0.4, -0.2) is 36.3 Å². The van der Waals surface area contributed by atoms with E-state index in [0.29, 0.717) is 12.3 Å². The summed E-state index contributed by atoms with van der Waals surface area (Å²) in [6, 6.07) is 20.0. The van der Waals surface area contributed by atoms with Crippen LogP contribution < -0.4 is 5.32 Å². The topological polar surface area (TPSA) is 49.4 Å². The smallest absolute Gasteiger partial charge is 0.241 e. The maximum absolute atomic E-state index is 12.3. The zero-order valence-corrected chi connectivity index (χ0v) is 14.4. The van der Waals surface area contributed by atoms with Crippen molar-refractivity contribution in [1.82, 2.24) is 10.2 Å². The van der Waals surface area contributed by atoms with Gasteiger partial charge in [-0.05, 0) is 29.9 Å². The van der Waals surface area contributed by atoms with E-state index < -0.39 is 0 Å². The van der Waals surface area contributed by atoms with Crippen molar-refractivity contribution >= 4 is 11.8 Å². The molecule has 1 N–H and O–H groups in total. The molecule has 1 heterocycles. The van der Waals surface area contributed by atoms with E-state index in [0.717, 1.165) is 31.5 Å². The molecule has 1 saturated heterocycles. The number of likely N-dealkylation sites (tertiary alicyclic amines) is 1. The van der Waals surface area contributed by atoms with Crippen molar-refractivity contribution in [2.24, 2.45) is 0 Å². The Hall–Kier alpha value is -2.62. The van der Waals surface area contributed by atoms with Gasteiger partial charge < -0.3 is 10.2 Å². The number of benzene rings is 2. The van der Waals surface area contributed by atoms with Crippen molar-refractivity contribution in [2.45, 2.75) is 25.2 Å². The molecule has 0 bridgehead atoms. The highest BCUT2D eigenvalue weighted by molar-refractivity contribution is 5.85. The molecule has 0 saturated carbocycles. The fraction of sp³-hybridized carbons (Fsp3) is 0.333. The third-order valence-electron chi connectivity index (χ3n) is 4.76. The molecule has 0 unspecified atom stereocenters. The lowest BCUT2D eigenvalue weighted by Gasteiger charge is -2.32. The van der Waals surface area contributed by atoms with Gasteiger partial charge in [0, 0.05) is 13.1 Å². The summed E-state index contributed by atoms with van der Waals surface area (Å²) in [6.45, 7) is 1.60. The minimum Gasteiger partial charge on any atom is -0.347 e. The lowest BCUT2D eigenvalue weighted by atomic mass is 9.89. The normalized spacial score (nSPS) is 15.0. The average molecular weight is 336 g/mol. The number of carbonyl (C=O) groups excluding carboxylic acids is 2. The highest BCUT2D eigenvalue weighted by atomic mass is 16.2. The maximum atomic E-state index is 12.3. The Balaban J connectivity index is 1.41. The van der Waals surface area contributed by atoms with Crippen molar-refractivity contribution in [2.75, 3.05) is 19.6 Å². The van der Waals surface area contributed by atoms with Crippen molar-refractivity contribution < 1.29 is 9.59 Å². The van der Waals surface area contributed by atoms with Crippen LogP contribution in [0.25, 0.3) is 0 Å². The highest BCUT2D eigenvalue weighted by Gasteiger charge is 2.23. The molecule has 3 rings (SSSR count). The molecule has 4 heteroatoms. The minimum absolute atomic E-state index is 0.00734. The van der Waals surface area contributed by atoms with E-state index in [2.05, 4.69) is 29.6 Å². The molecule has 2 aromatic carbocycles. The van der Waals surface area contributed by atoms with Crippen LogP contribution in [0.5, 0.6) is 0 Å². The van der Waals surface area contributed by atoms with E-state index in [1.54, 1.807) is 0 Å². The van der Waals surface area contributed by atoms with Crippen LogP contribution in [0, 0.1) is 0 Å². The van der Waals surface area contributed by atoms with Gasteiger partial charge in [-0.15, -0.1) is 0 Å². The molecule has 25 heavy (non-hydrogen) atoms. The molecule has 0 spiro atoms. The van der Waals surface area contributed by atoms with E-state index in [4.69, 9.17) is 0 Å². The first kappa shape index (κ1) is 17.2. The molecule has 2 aromatic rings. The Morgan fingerprint density at radius 1 is 0.920 bits per heavy atom. The molecule has 4 nitrogen and oxygen atoms in total. The van der Waals surface area contributed by atoms with Gasteiger partial charge in [0.2, 0.25) is 11.8 Å². The number of piperidine rings is 1. The average Bonchev–Trinajstić information content (AvgIpc) is 2.68. The summed E-state index contributed by atoms with van der Waals surface area (Å²) in [5.41, 5.74) is 2.31. The summed E-state index contributed by atoms with van der Waals surface area (Å²) < 4.78 is 0. The number of hydrogen-bond donors (Lipinski definition) is 1. The van der Waals surface area contributed by atoms with Gasteiger partial charge in [-0.2, -0.15) is 0 Å². The van der Waals surface area contributed by atoms with Gasteiger partial charge in [0.05, 0.1) is 13.0 Å². The number of carbonyl (C=O) groups is 2. The van der Waals surface area contributed by atoms with E-state index in [9.17, 15) is 9.59 Å². The molecule has 0 aromatic heterocycles. The third-order valence-corrected chi connectivity index (χ3v) is 4.76. The molecule has 0 aliphatic carbocycles. The van der Waals surface area contributed by atoms with Crippen LogP contribution in [0.4, 0.5) is 0 Å². The quantitative estimate of drug-likeness (QED) is 0.913. The molecule has 0 atom stereocenters. The van der Waals surface area contributed by atoms with E-state index in [1.807, 2.05) is 41.3 Å². The standard InChI is InChI=1S/C21H24N2O2/c24-20(15-17-7-3-1-4-8-17)22-16-21(25)23-13-11-19(12-14-23)18-9-5-2-6-10-18/h1-10,19H,11-16H2,(H,22,24). The molecule has 130 valence electrons. The SMILES string of the molecule is O=C(Cc1ccccc1)NCC(=O)N1CCC(c2ccccc2)CC1. The summed E-state index contributed by atoms with van der Waals surface area (Å²) in [4.78, 5) is 26.1. The van der Waals surface area contributed by atoms with E-state index in [1.165, 1.54) is 5.56 Å². The lowest BCUT2D eigenvalue weighted by molar-refractivity contribution is -0.133. The number of nitrogens with one attached hydrogen (secondary N) is 1. The molecule has 1 aliphatic heterocycles. The first-order valence-electron chi connectivity index (χ1n) is 8.86. The highest BCUT2D eigenvalue weighted by Crippen LogP contribution is 2.27. The summed E-state index contributed by atoms with van der Waals surface area (Å²) in [5.74, 6) is 0.421. The number of rotatable bonds is 5. The number of amides is 2. The van der Waals surface area contributed by atoms with Crippen molar-refractivity contribution in [3.05, 3.63) is 71.8 Å². The fourth-order valence-corrected chi connectivity index (χ4v) is 3.32. The molecular weight excluding hydrogens is 312 g/mol. The van der Waals surface area contributed by atoms with Gasteiger partial charge in [0.15, 0.2) is 0 Å². The zero-order chi connectivity index (χ0) is 17.5. The van der Waals surface area contributed by atoms with Crippen molar-refractivity contribution in [1.29, 1.82) is 0 Å². The van der Waals surface area contributed by atoms with Crippen LogP contribution >= 0.6 is 0 Å². The second kappa shape index (κ2) is 8.47. The Kier molecular flexibility index (Phi) is 5.83. The molecule has 1 fully saturated rings. The number of hydrogen-bond acceptors (Lipinski definition) is 2. The van der Waals surface area contributed by atoms with Gasteiger partial charge in [0.1, 0.15) is 0 Å². The van der Waals surface area contributed by atoms with Crippen LogP contribution in [-0.2, 0) is 16.0 Å². The third kappa shape index (κ3) is 4.92. The van der Waals surface area contributed by atoms with Gasteiger partial charge in [-0.25, -0.2) is 0 Å². The van der Waals surface area contributed by atoms with E-state index in [-0.39, 0.29) is 18.4 Å². The summed E-state index contributed by atoms with van der Waals surface area (Å²) in [5, 5.41) is 2.74. The predicted molar refractivity (Wildman–Crippen MR) is 98.2 cm³/mol. The van der Waals surface area contributed by atoms with Gasteiger partial charge in [-0.3, -0.25) is 9.59 Å². The largest absolute Gasteiger partial charge is 0.347 e. The summed E-state index contributed by atoms with van der Waals surface area (Å²) in [6.07, 6.45) is 2.27. The summed E-state index contributed by atoms with van der Waals surface area (Å²) >= 11 is 0. The lowest BCUT2D eigenvalue weighted by Crippen LogP contribution is -2.44. The second-order valence-electron chi connectivity index (χ2n) is 6.50. The van der Waals surface area contributed by atoms with Gasteiger partial charge in [0.25, 0.3) is 0 Å². The monoisotopic (exact) mass is 336 g/mol. The first-order chi connectivity index (χ1) is 12.2. The molecule has 0 radical (unpaired) electrons. The fourth-order valence-electron chi connectivity index (χ4n) is 3.32. The van der Waals surface area contributed by atoms with Crippen LogP contribution in [0.2, 0.25) is 0 Å². The van der Waals surface area contributed by atoms with Crippen LogP contribution in [0.3, 0.4) is 0 Å². The Morgan fingerprint density at radius 3 is 2.16 bits per heavy atom. The first-order valence-corrected chi connectivity index (χ1v) is 8.86. The Morgan fingerprint density at radius 2 is 1.52 bits per heavy atom. The predicted octanol–water partition coefficient (Wildman–Crippen LogP) is 2.75. The Labute approximate surface area is 148 Å². The molecule has 2 amide bonds. The van der Waals surface area contributed by atoms with E-state index >= 15 is 0 Å². The summed E-state index contributed by atoms with van der Waals surface area (Å²) in [7, 11) is 0. The Bertz CT molecular complexity index is 692. The maximum Gasteiger partial charge on any atom is 0.241 e. The number of nitrogens with zero attached hydrogens (tertiary/aromatic N) is 1. The van der Waals surface area contributed by atoms with Crippen LogP contribution in [0.15, 0.2) is 60.7 Å². The van der Waals surface area contributed by atoms with Gasteiger partial charge >= 0.3 is 0 Å². The van der Waals surface area contributed by atoms with Crippen molar-refractivity contribution in [3.8, 4) is 0 Å². The molecular formula is C21H24N2O2. The molecule has 1 aliphatic rings. The second-order valence-corrected chi connectivity index (χ2v) is 6.50. The van der Waals surface area contributed by atoms with Crippen molar-refractivity contribution in [3.63, 3.8) is 0 Å². The zero-order valence-electron chi connectivity index (χ0n) is 14.4.